The molecule has 9 heteroatoms. The van der Waals surface area contributed by atoms with E-state index < -0.39 is 18.5 Å². The fourth-order valence-corrected chi connectivity index (χ4v) is 0. The molecule has 0 spiro atoms. The molecule has 0 aromatic heterocycles. The summed E-state index contributed by atoms with van der Waals surface area (Å²) in [4.78, 5) is 0. The molecule has 5 N–H and O–H groups in total. The Labute approximate surface area is 111 Å². The lowest BCUT2D eigenvalue weighted by atomic mass is 9.90. The third kappa shape index (κ3) is 38.6. The van der Waals surface area contributed by atoms with E-state index in [1.54, 1.807) is 27.7 Å². The van der Waals surface area contributed by atoms with Crippen molar-refractivity contribution in [1.82, 2.24) is 0 Å². The van der Waals surface area contributed by atoms with E-state index in [4.69, 9.17) is 25.3 Å². The van der Waals surface area contributed by atoms with Crippen LogP contribution in [0.3, 0.4) is 0 Å². The van der Waals surface area contributed by atoms with Crippen LogP contribution in [0.4, 0.5) is 0 Å². The first kappa shape index (κ1) is 30.3. The van der Waals surface area contributed by atoms with Crippen LogP contribution in [0.5, 0.6) is 0 Å². The van der Waals surface area contributed by atoms with Crippen LogP contribution in [0.1, 0.15) is 27.7 Å². The number of aliphatic hydroxyl groups is 2. The molecule has 17 heavy (non-hydrogen) atoms. The smallest absolute Gasteiger partial charge is 0.402 e. The Morgan fingerprint density at radius 1 is 0.765 bits per heavy atom. The summed E-state index contributed by atoms with van der Waals surface area (Å²) < 4.78 is 0. The van der Waals surface area contributed by atoms with Crippen LogP contribution in [0, 0.1) is 0 Å². The van der Waals surface area contributed by atoms with Crippen molar-refractivity contribution in [2.75, 3.05) is 0 Å². The van der Waals surface area contributed by atoms with E-state index in [9.17, 15) is 0 Å². The van der Waals surface area contributed by atoms with Gasteiger partial charge in [0.2, 0.25) is 0 Å². The molecule has 0 rings (SSSR count). The first-order valence-corrected chi connectivity index (χ1v) is 7.71. The zero-order valence-electron chi connectivity index (χ0n) is 10.5. The number of hydrogen-bond acceptors (Lipinski definition) is 5. The quantitative estimate of drug-likeness (QED) is 0.316. The molecule has 0 unspecified atom stereocenters. The summed E-state index contributed by atoms with van der Waals surface area (Å²) >= 11 is 0. The van der Waals surface area contributed by atoms with Gasteiger partial charge in [-0.3, -0.25) is 0 Å². The summed E-state index contributed by atoms with van der Waals surface area (Å²) in [5, 5.41) is 39.7. The van der Waals surface area contributed by atoms with E-state index in [1.807, 2.05) is 0 Å². The first-order valence-electron chi connectivity index (χ1n) is 4.89. The third-order valence-corrected chi connectivity index (χ3v) is 1.50. The summed E-state index contributed by atoms with van der Waals surface area (Å²) in [6.07, 6.45) is 0. The average molecular weight is 268 g/mol. The summed E-state index contributed by atoms with van der Waals surface area (Å²) in [6, 6.07) is 0. The zero-order valence-corrected chi connectivity index (χ0v) is 11.9. The zero-order chi connectivity index (χ0) is 13.3. The van der Waals surface area contributed by atoms with Crippen molar-refractivity contribution in [1.29, 1.82) is 0 Å². The Kier molecular flexibility index (Phi) is 25.5. The lowest BCUT2D eigenvalue weighted by molar-refractivity contribution is -0.107. The van der Waals surface area contributed by atoms with Gasteiger partial charge in [-0.25, -0.2) is 0 Å². The van der Waals surface area contributed by atoms with E-state index in [2.05, 4.69) is 13.1 Å². The Morgan fingerprint density at radius 3 is 0.824 bits per heavy atom. The molecule has 0 atom stereocenters. The van der Waals surface area contributed by atoms with Gasteiger partial charge in [0.1, 0.15) is 0 Å². The van der Waals surface area contributed by atoms with Gasteiger partial charge in [0.25, 0.3) is 0 Å². The molecule has 0 amide bonds. The molecular weight excluding hydrogens is 237 g/mol. The van der Waals surface area contributed by atoms with Crippen LogP contribution in [-0.4, -0.2) is 70.2 Å². The molecule has 0 aliphatic rings. The van der Waals surface area contributed by atoms with Crippen LogP contribution in [0.25, 0.3) is 0 Å². The van der Waals surface area contributed by atoms with Gasteiger partial charge >= 0.3 is 7.32 Å². The molecule has 106 valence electrons. The molecule has 0 saturated carbocycles. The van der Waals surface area contributed by atoms with Crippen molar-refractivity contribution in [3.8, 4) is 0 Å². The van der Waals surface area contributed by atoms with Crippen LogP contribution >= 0.6 is 0 Å². The summed E-state index contributed by atoms with van der Waals surface area (Å²) in [6.45, 7) is 10.8. The van der Waals surface area contributed by atoms with E-state index in [0.717, 1.165) is 0 Å². The second-order valence-corrected chi connectivity index (χ2v) is 5.59. The van der Waals surface area contributed by atoms with Gasteiger partial charge in [-0.15, -0.1) is 0 Å². The topological polar surface area (TPSA) is 101 Å². The van der Waals surface area contributed by atoms with Gasteiger partial charge in [-0.1, -0.05) is 13.1 Å². The van der Waals surface area contributed by atoms with Gasteiger partial charge in [0.05, 0.1) is 28.0 Å². The maximum atomic E-state index is 9.10. The highest BCUT2D eigenvalue weighted by Gasteiger charge is 2.31. The van der Waals surface area contributed by atoms with E-state index >= 15 is 0 Å². The molecule has 0 aliphatic heterocycles. The van der Waals surface area contributed by atoms with E-state index in [1.165, 1.54) is 0 Å². The van der Waals surface area contributed by atoms with Crippen molar-refractivity contribution in [3.05, 3.63) is 0 Å². The average Bonchev–Trinajstić information content (AvgIpc) is 1.81. The largest absolute Gasteiger partial charge is 0.631 e. The Bertz CT molecular complexity index is 121. The van der Waals surface area contributed by atoms with Gasteiger partial charge in [-0.05, 0) is 27.7 Å². The number of rotatable bonds is 1. The Morgan fingerprint density at radius 2 is 0.824 bits per heavy atom. The second kappa shape index (κ2) is 14.3. The minimum Gasteiger partial charge on any atom is -0.402 e. The fraction of sp³-hybridized carbons (Fsp3) is 1.00. The van der Waals surface area contributed by atoms with Crippen molar-refractivity contribution in [2.45, 2.75) is 52.0 Å². The molecule has 0 bridgehead atoms. The number of hydrogen-bond donors (Lipinski definition) is 5. The molecule has 0 radical (unpaired) electrons. The summed E-state index contributed by atoms with van der Waals surface area (Å²) in [5.74, 6) is 0. The standard InChI is InChI=1S/C6H14O2.C2H8Si.BH3O3.2BH3/c1-5(2,7)6(3,4)8;1-3-2;2-1(3)4;;/h7-8H,1-4H3;3H2,1-2H3;2-4H;2*1H3. The maximum absolute atomic E-state index is 9.10. The molecular formula is C8H31B3O5Si. The van der Waals surface area contributed by atoms with Crippen molar-refractivity contribution in [3.63, 3.8) is 0 Å². The third-order valence-electron chi connectivity index (χ3n) is 1.50. The highest BCUT2D eigenvalue weighted by Crippen LogP contribution is 2.19. The molecule has 0 saturated heterocycles. The predicted molar refractivity (Wildman–Crippen MR) is 85.2 cm³/mol. The van der Waals surface area contributed by atoms with Crippen LogP contribution in [0.15, 0.2) is 0 Å². The molecule has 0 fully saturated rings. The van der Waals surface area contributed by atoms with Crippen molar-refractivity contribution in [2.24, 2.45) is 0 Å². The molecule has 0 aromatic rings. The predicted octanol–water partition coefficient (Wildman–Crippen LogP) is -3.64. The van der Waals surface area contributed by atoms with Gasteiger partial charge < -0.3 is 25.3 Å². The monoisotopic (exact) mass is 268 g/mol. The lowest BCUT2D eigenvalue weighted by Gasteiger charge is -2.31. The Hall–Kier alpha value is 0.212. The fourth-order valence-electron chi connectivity index (χ4n) is 0. The van der Waals surface area contributed by atoms with E-state index in [-0.39, 0.29) is 16.8 Å². The molecule has 5 nitrogen and oxygen atoms in total. The lowest BCUT2D eigenvalue weighted by Crippen LogP contribution is -2.44. The Balaban J connectivity index is -0.0000000461. The van der Waals surface area contributed by atoms with Gasteiger partial charge in [-0.2, -0.15) is 0 Å². The van der Waals surface area contributed by atoms with Crippen LogP contribution in [0.2, 0.25) is 13.1 Å². The molecule has 0 aliphatic carbocycles. The second-order valence-electron chi connectivity index (χ2n) is 4.17. The normalized spacial score (nSPS) is 9.35. The molecule has 0 heterocycles. The van der Waals surface area contributed by atoms with E-state index in [0.29, 0.717) is 9.52 Å². The van der Waals surface area contributed by atoms with Crippen molar-refractivity contribution < 1.29 is 25.3 Å². The first-order chi connectivity index (χ1) is 6.40. The molecule has 0 aromatic carbocycles. The maximum Gasteiger partial charge on any atom is 0.631 e. The van der Waals surface area contributed by atoms with Crippen LogP contribution in [-0.2, 0) is 0 Å². The minimum absolute atomic E-state index is 0. The highest BCUT2D eigenvalue weighted by molar-refractivity contribution is 6.31. The summed E-state index contributed by atoms with van der Waals surface area (Å²) in [5.41, 5.74) is -2.01. The summed E-state index contributed by atoms with van der Waals surface area (Å²) in [7, 11) is -1.75. The minimum atomic E-state index is -2.17. The van der Waals surface area contributed by atoms with Gasteiger partial charge in [0.15, 0.2) is 0 Å². The highest BCUT2D eigenvalue weighted by atomic mass is 28.2. The van der Waals surface area contributed by atoms with Gasteiger partial charge in [0, 0.05) is 9.52 Å². The van der Waals surface area contributed by atoms with Crippen LogP contribution < -0.4 is 0 Å². The SMILES string of the molecule is B.B.CC(C)(O)C(C)(C)O.C[SiH2]C.OB(O)O. The van der Waals surface area contributed by atoms with Crippen molar-refractivity contribution >= 4 is 33.7 Å².